The summed E-state index contributed by atoms with van der Waals surface area (Å²) in [4.78, 5) is 12.1. The molecule has 0 spiro atoms. The van der Waals surface area contributed by atoms with E-state index >= 15 is 0 Å². The number of rotatable bonds is 5. The van der Waals surface area contributed by atoms with E-state index in [0.29, 0.717) is 11.4 Å². The minimum atomic E-state index is -0.574. The molecule has 0 aliphatic rings. The van der Waals surface area contributed by atoms with Gasteiger partial charge in [0.15, 0.2) is 6.10 Å². The zero-order valence-corrected chi connectivity index (χ0v) is 12.4. The summed E-state index contributed by atoms with van der Waals surface area (Å²) in [6.45, 7) is 3.72. The molecular weight excluding hydrogens is 266 g/mol. The lowest BCUT2D eigenvalue weighted by atomic mass is 10.2. The van der Waals surface area contributed by atoms with Gasteiger partial charge in [0.1, 0.15) is 11.5 Å². The molecule has 2 aromatic carbocycles. The number of methoxy groups -OCH3 is 1. The third kappa shape index (κ3) is 4.24. The number of nitrogens with one attached hydrogen (secondary N) is 1. The molecular formula is C17H19NO3. The molecule has 1 amide bonds. The van der Waals surface area contributed by atoms with Crippen LogP contribution in [-0.2, 0) is 4.79 Å². The number of amides is 1. The van der Waals surface area contributed by atoms with Gasteiger partial charge in [-0.2, -0.15) is 0 Å². The Hall–Kier alpha value is -2.49. The zero-order chi connectivity index (χ0) is 15.2. The van der Waals surface area contributed by atoms with Gasteiger partial charge in [0, 0.05) is 5.69 Å². The van der Waals surface area contributed by atoms with Crippen LogP contribution in [0.5, 0.6) is 11.5 Å². The Morgan fingerprint density at radius 2 is 1.57 bits per heavy atom. The molecule has 0 saturated carbocycles. The standard InChI is InChI=1S/C17H19NO3/c1-12-4-8-16(9-5-12)21-13(2)17(19)18-14-6-10-15(20-3)11-7-14/h4-11,13H,1-3H3,(H,18,19)/t13-/m0/s1. The summed E-state index contributed by atoms with van der Waals surface area (Å²) in [6.07, 6.45) is -0.574. The molecule has 1 N–H and O–H groups in total. The van der Waals surface area contributed by atoms with Crippen molar-refractivity contribution in [2.75, 3.05) is 12.4 Å². The largest absolute Gasteiger partial charge is 0.497 e. The van der Waals surface area contributed by atoms with Gasteiger partial charge < -0.3 is 14.8 Å². The quantitative estimate of drug-likeness (QED) is 0.915. The van der Waals surface area contributed by atoms with Crippen molar-refractivity contribution in [3.63, 3.8) is 0 Å². The molecule has 0 saturated heterocycles. The maximum absolute atomic E-state index is 12.1. The minimum absolute atomic E-state index is 0.194. The van der Waals surface area contributed by atoms with Crippen LogP contribution in [0, 0.1) is 6.92 Å². The molecule has 110 valence electrons. The van der Waals surface area contributed by atoms with Crippen molar-refractivity contribution in [3.05, 3.63) is 54.1 Å². The molecule has 2 aromatic rings. The van der Waals surface area contributed by atoms with Gasteiger partial charge in [-0.15, -0.1) is 0 Å². The maximum atomic E-state index is 12.1. The Bertz CT molecular complexity index is 590. The van der Waals surface area contributed by atoms with Gasteiger partial charge in [-0.25, -0.2) is 0 Å². The van der Waals surface area contributed by atoms with E-state index in [1.807, 2.05) is 31.2 Å². The highest BCUT2D eigenvalue weighted by atomic mass is 16.5. The fourth-order valence-corrected chi connectivity index (χ4v) is 1.79. The van der Waals surface area contributed by atoms with E-state index in [2.05, 4.69) is 5.32 Å². The normalized spacial score (nSPS) is 11.6. The molecule has 0 bridgehead atoms. The molecule has 1 atom stereocenters. The zero-order valence-electron chi connectivity index (χ0n) is 12.4. The second-order valence-electron chi connectivity index (χ2n) is 4.79. The van der Waals surface area contributed by atoms with E-state index in [1.165, 1.54) is 0 Å². The van der Waals surface area contributed by atoms with Crippen LogP contribution in [0.25, 0.3) is 0 Å². The summed E-state index contributed by atoms with van der Waals surface area (Å²) < 4.78 is 10.7. The maximum Gasteiger partial charge on any atom is 0.265 e. The molecule has 0 aliphatic heterocycles. The third-order valence-corrected chi connectivity index (χ3v) is 3.06. The second-order valence-corrected chi connectivity index (χ2v) is 4.79. The van der Waals surface area contributed by atoms with Crippen molar-refractivity contribution in [1.29, 1.82) is 0 Å². The van der Waals surface area contributed by atoms with Gasteiger partial charge >= 0.3 is 0 Å². The van der Waals surface area contributed by atoms with Crippen molar-refractivity contribution in [2.24, 2.45) is 0 Å². The summed E-state index contributed by atoms with van der Waals surface area (Å²) in [7, 11) is 1.60. The molecule has 4 nitrogen and oxygen atoms in total. The first-order valence-electron chi connectivity index (χ1n) is 6.77. The monoisotopic (exact) mass is 285 g/mol. The Kier molecular flexibility index (Phi) is 4.82. The fourth-order valence-electron chi connectivity index (χ4n) is 1.79. The average Bonchev–Trinajstić information content (AvgIpc) is 2.50. The van der Waals surface area contributed by atoms with E-state index in [9.17, 15) is 4.79 Å². The molecule has 2 rings (SSSR count). The number of anilines is 1. The first-order valence-corrected chi connectivity index (χ1v) is 6.77. The van der Waals surface area contributed by atoms with Crippen molar-refractivity contribution in [2.45, 2.75) is 20.0 Å². The molecule has 0 aliphatic carbocycles. The van der Waals surface area contributed by atoms with Crippen molar-refractivity contribution in [1.82, 2.24) is 0 Å². The van der Waals surface area contributed by atoms with E-state index in [-0.39, 0.29) is 5.91 Å². The van der Waals surface area contributed by atoms with Gasteiger partial charge in [-0.3, -0.25) is 4.79 Å². The number of benzene rings is 2. The molecule has 0 fully saturated rings. The van der Waals surface area contributed by atoms with Gasteiger partial charge in [0.05, 0.1) is 7.11 Å². The third-order valence-electron chi connectivity index (χ3n) is 3.06. The SMILES string of the molecule is COc1ccc(NC(=O)[C@H](C)Oc2ccc(C)cc2)cc1. The molecule has 0 aromatic heterocycles. The van der Waals surface area contributed by atoms with E-state index in [1.54, 1.807) is 38.3 Å². The van der Waals surface area contributed by atoms with Gasteiger partial charge in [0.2, 0.25) is 0 Å². The van der Waals surface area contributed by atoms with Crippen LogP contribution >= 0.6 is 0 Å². The van der Waals surface area contributed by atoms with Gasteiger partial charge in [0.25, 0.3) is 5.91 Å². The summed E-state index contributed by atoms with van der Waals surface area (Å²) in [6, 6.07) is 14.8. The number of aryl methyl sites for hydroxylation is 1. The predicted octanol–water partition coefficient (Wildman–Crippen LogP) is 3.41. The lowest BCUT2D eigenvalue weighted by Crippen LogP contribution is -2.30. The Balaban J connectivity index is 1.93. The van der Waals surface area contributed by atoms with E-state index < -0.39 is 6.10 Å². The molecule has 21 heavy (non-hydrogen) atoms. The second kappa shape index (κ2) is 6.79. The Morgan fingerprint density at radius 3 is 2.14 bits per heavy atom. The summed E-state index contributed by atoms with van der Waals surface area (Å²) >= 11 is 0. The van der Waals surface area contributed by atoms with Crippen LogP contribution in [0.3, 0.4) is 0 Å². The molecule has 0 radical (unpaired) electrons. The molecule has 0 heterocycles. The summed E-state index contributed by atoms with van der Waals surface area (Å²) in [5, 5.41) is 2.81. The highest BCUT2D eigenvalue weighted by Crippen LogP contribution is 2.17. The van der Waals surface area contributed by atoms with Crippen molar-refractivity contribution < 1.29 is 14.3 Å². The lowest BCUT2D eigenvalue weighted by molar-refractivity contribution is -0.122. The minimum Gasteiger partial charge on any atom is -0.497 e. The molecule has 4 heteroatoms. The van der Waals surface area contributed by atoms with Gasteiger partial charge in [-0.05, 0) is 50.2 Å². The van der Waals surface area contributed by atoms with Crippen LogP contribution in [0.1, 0.15) is 12.5 Å². The molecule has 0 unspecified atom stereocenters. The van der Waals surface area contributed by atoms with E-state index in [4.69, 9.17) is 9.47 Å². The number of hydrogen-bond acceptors (Lipinski definition) is 3. The van der Waals surface area contributed by atoms with Crippen LogP contribution in [-0.4, -0.2) is 19.1 Å². The van der Waals surface area contributed by atoms with Crippen molar-refractivity contribution >= 4 is 11.6 Å². The van der Waals surface area contributed by atoms with Gasteiger partial charge in [-0.1, -0.05) is 17.7 Å². The first-order chi connectivity index (χ1) is 10.1. The highest BCUT2D eigenvalue weighted by Gasteiger charge is 2.14. The number of carbonyl (C=O) groups excluding carboxylic acids is 1. The Morgan fingerprint density at radius 1 is 1.00 bits per heavy atom. The van der Waals surface area contributed by atoms with Crippen LogP contribution in [0.4, 0.5) is 5.69 Å². The first kappa shape index (κ1) is 14.9. The van der Waals surface area contributed by atoms with E-state index in [0.717, 1.165) is 11.3 Å². The fraction of sp³-hybridized carbons (Fsp3) is 0.235. The topological polar surface area (TPSA) is 47.6 Å². The lowest BCUT2D eigenvalue weighted by Gasteiger charge is -2.15. The summed E-state index contributed by atoms with van der Waals surface area (Å²) in [5.41, 5.74) is 1.86. The average molecular weight is 285 g/mol. The smallest absolute Gasteiger partial charge is 0.265 e. The summed E-state index contributed by atoms with van der Waals surface area (Å²) in [5.74, 6) is 1.23. The number of carbonyl (C=O) groups is 1. The van der Waals surface area contributed by atoms with Crippen LogP contribution in [0.15, 0.2) is 48.5 Å². The predicted molar refractivity (Wildman–Crippen MR) is 82.9 cm³/mol. The number of hydrogen-bond donors (Lipinski definition) is 1. The van der Waals surface area contributed by atoms with Crippen molar-refractivity contribution in [3.8, 4) is 11.5 Å². The number of ether oxygens (including phenoxy) is 2. The Labute approximate surface area is 124 Å². The van der Waals surface area contributed by atoms with Crippen LogP contribution in [0.2, 0.25) is 0 Å². The highest BCUT2D eigenvalue weighted by molar-refractivity contribution is 5.94. The van der Waals surface area contributed by atoms with Crippen LogP contribution < -0.4 is 14.8 Å².